The summed E-state index contributed by atoms with van der Waals surface area (Å²) in [4.78, 5) is 7.24. The molecule has 2 nitrogen and oxygen atoms in total. The highest BCUT2D eigenvalue weighted by molar-refractivity contribution is 6.42. The summed E-state index contributed by atoms with van der Waals surface area (Å²) in [6.45, 7) is 2.51. The van der Waals surface area contributed by atoms with Crippen LogP contribution in [0.3, 0.4) is 0 Å². The van der Waals surface area contributed by atoms with Crippen molar-refractivity contribution < 1.29 is 0 Å². The van der Waals surface area contributed by atoms with Gasteiger partial charge in [0.15, 0.2) is 0 Å². The Hall–Kier alpha value is -2.55. The maximum Gasteiger partial charge on any atom is 0.0668 e. The topological polar surface area (TPSA) is 15.6 Å². The van der Waals surface area contributed by atoms with Gasteiger partial charge in [0.05, 0.1) is 22.3 Å². The van der Waals surface area contributed by atoms with E-state index in [1.165, 1.54) is 11.3 Å². The summed E-state index contributed by atoms with van der Waals surface area (Å²) >= 11 is 12.2. The summed E-state index contributed by atoms with van der Waals surface area (Å²) in [6.07, 6.45) is 4.09. The van der Waals surface area contributed by atoms with Gasteiger partial charge in [0.1, 0.15) is 0 Å². The zero-order valence-corrected chi connectivity index (χ0v) is 16.9. The first kappa shape index (κ1) is 18.8. The Balaban J connectivity index is 1.63. The maximum absolute atomic E-state index is 6.14. The van der Waals surface area contributed by atoms with Crippen molar-refractivity contribution in [2.24, 2.45) is 4.99 Å². The van der Waals surface area contributed by atoms with Crippen molar-refractivity contribution in [3.05, 3.63) is 106 Å². The van der Waals surface area contributed by atoms with Crippen LogP contribution in [-0.4, -0.2) is 18.8 Å². The summed E-state index contributed by atoms with van der Waals surface area (Å²) in [5, 5.41) is 1.12. The van der Waals surface area contributed by atoms with Gasteiger partial charge in [0, 0.05) is 24.3 Å². The smallest absolute Gasteiger partial charge is 0.0668 e. The molecule has 4 heteroatoms. The number of fused-ring (bicyclic) bond motifs is 1. The second-order valence-corrected chi connectivity index (χ2v) is 7.51. The van der Waals surface area contributed by atoms with Crippen LogP contribution in [0.2, 0.25) is 10.0 Å². The number of rotatable bonds is 4. The van der Waals surface area contributed by atoms with Gasteiger partial charge in [-0.2, -0.15) is 0 Å². The highest BCUT2D eigenvalue weighted by Crippen LogP contribution is 2.27. The third kappa shape index (κ3) is 4.30. The van der Waals surface area contributed by atoms with Crippen molar-refractivity contribution in [1.82, 2.24) is 0 Å². The molecular weight excluding hydrogens is 387 g/mol. The van der Waals surface area contributed by atoms with E-state index in [0.29, 0.717) is 10.0 Å². The van der Waals surface area contributed by atoms with E-state index in [9.17, 15) is 0 Å². The summed E-state index contributed by atoms with van der Waals surface area (Å²) in [5.74, 6) is 0. The number of nitrogens with zero attached hydrogens (tertiary/aromatic N) is 2. The Bertz CT molecular complexity index is 1030. The Morgan fingerprint density at radius 1 is 0.857 bits per heavy atom. The molecule has 28 heavy (non-hydrogen) atoms. The molecule has 0 saturated heterocycles. The minimum Gasteiger partial charge on any atom is -0.365 e. The number of hydrogen-bond acceptors (Lipinski definition) is 2. The maximum atomic E-state index is 6.14. The molecule has 1 heterocycles. The van der Waals surface area contributed by atoms with E-state index >= 15 is 0 Å². The second kappa shape index (κ2) is 8.64. The molecule has 1 aliphatic rings. The van der Waals surface area contributed by atoms with Crippen molar-refractivity contribution in [3.63, 3.8) is 0 Å². The largest absolute Gasteiger partial charge is 0.365 e. The first-order valence-corrected chi connectivity index (χ1v) is 10.0. The molecule has 3 aromatic carbocycles. The second-order valence-electron chi connectivity index (χ2n) is 6.70. The first-order chi connectivity index (χ1) is 13.7. The molecular formula is C24H20Cl2N2. The molecule has 1 aliphatic heterocycles. The lowest BCUT2D eigenvalue weighted by molar-refractivity contribution is 0.797. The molecule has 0 spiro atoms. The monoisotopic (exact) mass is 406 g/mol. The Kier molecular flexibility index (Phi) is 5.80. The molecule has 0 aromatic heterocycles. The van der Waals surface area contributed by atoms with Crippen LogP contribution in [0.5, 0.6) is 0 Å². The molecule has 0 amide bonds. The van der Waals surface area contributed by atoms with Gasteiger partial charge < -0.3 is 4.90 Å². The van der Waals surface area contributed by atoms with Crippen LogP contribution in [0.15, 0.2) is 83.9 Å². The third-order valence-corrected chi connectivity index (χ3v) is 5.51. The Labute approximate surface area is 175 Å². The lowest BCUT2D eigenvalue weighted by Gasteiger charge is -2.24. The first-order valence-electron chi connectivity index (χ1n) is 9.26. The average molecular weight is 407 g/mol. The number of aliphatic imine (C=N–C) groups is 1. The minimum atomic E-state index is 0.557. The number of hydrogen-bond donors (Lipinski definition) is 0. The fourth-order valence-electron chi connectivity index (χ4n) is 3.36. The summed E-state index contributed by atoms with van der Waals surface area (Å²) in [5.41, 5.74) is 5.64. The van der Waals surface area contributed by atoms with Crippen molar-refractivity contribution in [1.29, 1.82) is 0 Å². The number of para-hydroxylation sites is 1. The van der Waals surface area contributed by atoms with Gasteiger partial charge in [-0.25, -0.2) is 0 Å². The van der Waals surface area contributed by atoms with E-state index < -0.39 is 0 Å². The molecule has 0 bridgehead atoms. The molecule has 0 unspecified atom stereocenters. The fraction of sp³-hybridized carbons (Fsp3) is 0.125. The third-order valence-electron chi connectivity index (χ3n) is 4.77. The van der Waals surface area contributed by atoms with Crippen LogP contribution in [0, 0.1) is 0 Å². The van der Waals surface area contributed by atoms with Crippen LogP contribution in [0.4, 0.5) is 5.69 Å². The molecule has 0 N–H and O–H groups in total. The zero-order valence-electron chi connectivity index (χ0n) is 15.4. The highest BCUT2D eigenvalue weighted by Gasteiger charge is 2.17. The van der Waals surface area contributed by atoms with Crippen LogP contribution in [-0.2, 0) is 6.54 Å². The Morgan fingerprint density at radius 3 is 2.46 bits per heavy atom. The quantitative estimate of drug-likeness (QED) is 0.481. The van der Waals surface area contributed by atoms with Crippen molar-refractivity contribution >= 4 is 40.7 Å². The van der Waals surface area contributed by atoms with E-state index in [-0.39, 0.29) is 0 Å². The molecule has 0 atom stereocenters. The van der Waals surface area contributed by atoms with Crippen LogP contribution in [0.1, 0.15) is 16.7 Å². The zero-order chi connectivity index (χ0) is 19.3. The standard InChI is InChI=1S/C24H20Cl2N2/c25-21-12-10-18(16-22(21)26)11-13-23-20-8-4-5-9-24(20)28(15-14-27-23)17-19-6-2-1-3-7-19/h1-13,16H,14-15,17H2. The van der Waals surface area contributed by atoms with Crippen LogP contribution >= 0.6 is 23.2 Å². The van der Waals surface area contributed by atoms with Crippen LogP contribution in [0.25, 0.3) is 6.08 Å². The molecule has 140 valence electrons. The molecule has 0 aliphatic carbocycles. The molecule has 0 fully saturated rings. The number of anilines is 1. The van der Waals surface area contributed by atoms with E-state index in [1.54, 1.807) is 0 Å². The molecule has 3 aromatic rings. The van der Waals surface area contributed by atoms with Gasteiger partial charge in [-0.3, -0.25) is 4.99 Å². The van der Waals surface area contributed by atoms with E-state index in [2.05, 4.69) is 65.6 Å². The van der Waals surface area contributed by atoms with Gasteiger partial charge in [0.2, 0.25) is 0 Å². The molecule has 0 radical (unpaired) electrons. The normalized spacial score (nSPS) is 13.9. The average Bonchev–Trinajstić information content (AvgIpc) is 2.89. The van der Waals surface area contributed by atoms with Gasteiger partial charge >= 0.3 is 0 Å². The lowest BCUT2D eigenvalue weighted by atomic mass is 10.0. The number of benzodiazepines with no additional fused rings is 1. The summed E-state index contributed by atoms with van der Waals surface area (Å²) < 4.78 is 0. The number of halogens is 2. The van der Waals surface area contributed by atoms with Crippen molar-refractivity contribution in [2.45, 2.75) is 6.54 Å². The van der Waals surface area contributed by atoms with Crippen molar-refractivity contribution in [2.75, 3.05) is 18.0 Å². The lowest BCUT2D eigenvalue weighted by Crippen LogP contribution is -2.25. The predicted octanol–water partition coefficient (Wildman–Crippen LogP) is 6.52. The van der Waals surface area contributed by atoms with Gasteiger partial charge in [-0.1, -0.05) is 83.9 Å². The van der Waals surface area contributed by atoms with Gasteiger partial charge in [-0.05, 0) is 35.4 Å². The molecule has 4 rings (SSSR count). The number of benzene rings is 3. The van der Waals surface area contributed by atoms with Crippen molar-refractivity contribution in [3.8, 4) is 0 Å². The summed E-state index contributed by atoms with van der Waals surface area (Å²) in [7, 11) is 0. The molecule has 0 saturated carbocycles. The van der Waals surface area contributed by atoms with E-state index in [0.717, 1.165) is 36.5 Å². The summed E-state index contributed by atoms with van der Waals surface area (Å²) in [6, 6.07) is 24.6. The van der Waals surface area contributed by atoms with E-state index in [1.807, 2.05) is 24.3 Å². The van der Waals surface area contributed by atoms with Gasteiger partial charge in [-0.15, -0.1) is 0 Å². The van der Waals surface area contributed by atoms with E-state index in [4.69, 9.17) is 28.2 Å². The predicted molar refractivity (Wildman–Crippen MR) is 121 cm³/mol. The van der Waals surface area contributed by atoms with Gasteiger partial charge in [0.25, 0.3) is 0 Å². The van der Waals surface area contributed by atoms with Crippen LogP contribution < -0.4 is 4.90 Å². The highest BCUT2D eigenvalue weighted by atomic mass is 35.5. The number of allylic oxidation sites excluding steroid dienone is 1. The Morgan fingerprint density at radius 2 is 1.64 bits per heavy atom. The minimum absolute atomic E-state index is 0.557. The fourth-order valence-corrected chi connectivity index (χ4v) is 3.67. The SMILES string of the molecule is Clc1ccc(C=CC2=NCCN(Cc3ccccc3)c3ccccc32)cc1Cl.